The number of aryl methyl sites for hydroxylation is 1. The van der Waals surface area contributed by atoms with E-state index in [0.717, 1.165) is 22.3 Å². The molecule has 5 nitrogen and oxygen atoms in total. The van der Waals surface area contributed by atoms with E-state index in [1.807, 2.05) is 66.6 Å². The zero-order valence-electron chi connectivity index (χ0n) is 19.4. The summed E-state index contributed by atoms with van der Waals surface area (Å²) in [7, 11) is 1.70. The summed E-state index contributed by atoms with van der Waals surface area (Å²) < 4.78 is 0. The monoisotopic (exact) mass is 441 g/mol. The predicted molar refractivity (Wildman–Crippen MR) is 131 cm³/mol. The Morgan fingerprint density at radius 2 is 1.73 bits per heavy atom. The molecule has 1 fully saturated rings. The number of piperidine rings is 1. The second-order valence-corrected chi connectivity index (χ2v) is 8.98. The van der Waals surface area contributed by atoms with E-state index in [-0.39, 0.29) is 11.8 Å². The van der Waals surface area contributed by atoms with Gasteiger partial charge in [0.15, 0.2) is 0 Å². The quantitative estimate of drug-likeness (QED) is 0.624. The van der Waals surface area contributed by atoms with E-state index >= 15 is 0 Å². The van der Waals surface area contributed by atoms with E-state index in [1.165, 1.54) is 5.56 Å². The number of carbonyl (C=O) groups excluding carboxylic acids is 2. The fraction of sp³-hybridized carbons (Fsp3) is 0.321. The van der Waals surface area contributed by atoms with Crippen LogP contribution in [0, 0.1) is 12.3 Å². The molecule has 0 radical (unpaired) electrons. The SMILES string of the molecule is CNC(=O)C1(Cc2ccccc2-c2cccnc2)CCN(C(=O)Cc2ccc(C)cc2)CC1. The van der Waals surface area contributed by atoms with Crippen molar-refractivity contribution in [1.29, 1.82) is 0 Å². The number of hydrogen-bond donors (Lipinski definition) is 1. The number of hydrogen-bond acceptors (Lipinski definition) is 3. The minimum atomic E-state index is -0.534. The number of rotatable bonds is 6. The van der Waals surface area contributed by atoms with Crippen molar-refractivity contribution in [2.24, 2.45) is 5.41 Å². The van der Waals surface area contributed by atoms with Crippen LogP contribution in [0.15, 0.2) is 73.1 Å². The fourth-order valence-electron chi connectivity index (χ4n) is 4.77. The van der Waals surface area contributed by atoms with E-state index in [4.69, 9.17) is 0 Å². The van der Waals surface area contributed by atoms with Gasteiger partial charge in [-0.3, -0.25) is 14.6 Å². The van der Waals surface area contributed by atoms with Crippen molar-refractivity contribution in [3.05, 3.63) is 89.7 Å². The Bertz CT molecular complexity index is 1100. The topological polar surface area (TPSA) is 62.3 Å². The second-order valence-electron chi connectivity index (χ2n) is 8.98. The highest BCUT2D eigenvalue weighted by Gasteiger charge is 2.42. The molecule has 4 rings (SSSR count). The van der Waals surface area contributed by atoms with Crippen LogP contribution in [0.25, 0.3) is 11.1 Å². The zero-order chi connectivity index (χ0) is 23.3. The van der Waals surface area contributed by atoms with Crippen LogP contribution in [0.2, 0.25) is 0 Å². The summed E-state index contributed by atoms with van der Waals surface area (Å²) in [5.41, 5.74) is 4.96. The van der Waals surface area contributed by atoms with Gasteiger partial charge in [0.1, 0.15) is 0 Å². The molecule has 3 aromatic rings. The van der Waals surface area contributed by atoms with Gasteiger partial charge in [0.25, 0.3) is 0 Å². The van der Waals surface area contributed by atoms with E-state index in [0.29, 0.717) is 38.8 Å². The molecule has 33 heavy (non-hydrogen) atoms. The van der Waals surface area contributed by atoms with Crippen molar-refractivity contribution in [2.45, 2.75) is 32.6 Å². The lowest BCUT2D eigenvalue weighted by atomic mass is 9.72. The Kier molecular flexibility index (Phi) is 6.87. The van der Waals surface area contributed by atoms with E-state index in [9.17, 15) is 9.59 Å². The average molecular weight is 442 g/mol. The molecule has 0 saturated carbocycles. The van der Waals surface area contributed by atoms with Gasteiger partial charge in [-0.15, -0.1) is 0 Å². The van der Waals surface area contributed by atoms with Gasteiger partial charge in [0.05, 0.1) is 11.8 Å². The van der Waals surface area contributed by atoms with Crippen molar-refractivity contribution < 1.29 is 9.59 Å². The third-order valence-corrected chi connectivity index (χ3v) is 6.78. The molecular formula is C28H31N3O2. The molecule has 1 saturated heterocycles. The van der Waals surface area contributed by atoms with Gasteiger partial charge in [0, 0.05) is 38.1 Å². The van der Waals surface area contributed by atoms with Crippen molar-refractivity contribution >= 4 is 11.8 Å². The maximum absolute atomic E-state index is 13.1. The van der Waals surface area contributed by atoms with E-state index in [2.05, 4.69) is 22.4 Å². The fourth-order valence-corrected chi connectivity index (χ4v) is 4.77. The van der Waals surface area contributed by atoms with Crippen LogP contribution in [0.1, 0.15) is 29.5 Å². The van der Waals surface area contributed by atoms with Gasteiger partial charge < -0.3 is 10.2 Å². The zero-order valence-corrected chi connectivity index (χ0v) is 19.4. The number of aromatic nitrogens is 1. The van der Waals surface area contributed by atoms with Crippen LogP contribution in [-0.4, -0.2) is 41.8 Å². The first-order valence-electron chi connectivity index (χ1n) is 11.5. The Morgan fingerprint density at radius 1 is 1.00 bits per heavy atom. The largest absolute Gasteiger partial charge is 0.359 e. The van der Waals surface area contributed by atoms with E-state index < -0.39 is 5.41 Å². The number of amides is 2. The van der Waals surface area contributed by atoms with Crippen LogP contribution in [0.5, 0.6) is 0 Å². The molecule has 1 aromatic heterocycles. The average Bonchev–Trinajstić information content (AvgIpc) is 2.86. The second kappa shape index (κ2) is 9.99. The molecule has 0 bridgehead atoms. The van der Waals surface area contributed by atoms with Gasteiger partial charge >= 0.3 is 0 Å². The Balaban J connectivity index is 1.51. The van der Waals surface area contributed by atoms with Gasteiger partial charge in [-0.05, 0) is 48.9 Å². The van der Waals surface area contributed by atoms with Crippen LogP contribution in [-0.2, 0) is 22.4 Å². The summed E-state index contributed by atoms with van der Waals surface area (Å²) in [6.07, 6.45) is 5.95. The van der Waals surface area contributed by atoms with Crippen LogP contribution in [0.4, 0.5) is 0 Å². The molecule has 2 aromatic carbocycles. The van der Waals surface area contributed by atoms with Gasteiger partial charge in [0.2, 0.25) is 11.8 Å². The first kappa shape index (κ1) is 22.7. The molecule has 1 N–H and O–H groups in total. The maximum atomic E-state index is 13.1. The lowest BCUT2D eigenvalue weighted by Gasteiger charge is -2.41. The standard InChI is InChI=1S/C28H31N3O2/c1-21-9-11-22(12-10-21)18-26(32)31-16-13-28(14-17-31,27(33)29-2)19-23-6-3-4-8-25(23)24-7-5-15-30-20-24/h3-12,15,20H,13-14,16-19H2,1-2H3,(H,29,33). The molecule has 1 aliphatic heterocycles. The van der Waals surface area contributed by atoms with Crippen LogP contribution in [0.3, 0.4) is 0 Å². The molecule has 2 heterocycles. The van der Waals surface area contributed by atoms with Gasteiger partial charge in [-0.25, -0.2) is 0 Å². The molecule has 0 spiro atoms. The minimum absolute atomic E-state index is 0.0501. The smallest absolute Gasteiger partial charge is 0.226 e. The number of carbonyl (C=O) groups is 2. The third kappa shape index (κ3) is 5.14. The summed E-state index contributed by atoms with van der Waals surface area (Å²) in [4.78, 5) is 32.2. The molecule has 1 aliphatic rings. The van der Waals surface area contributed by atoms with Crippen LogP contribution >= 0.6 is 0 Å². The summed E-state index contributed by atoms with van der Waals surface area (Å²) in [6.45, 7) is 3.22. The first-order valence-corrected chi connectivity index (χ1v) is 11.5. The van der Waals surface area contributed by atoms with Gasteiger partial charge in [-0.1, -0.05) is 60.2 Å². The summed E-state index contributed by atoms with van der Waals surface area (Å²) in [5, 5.41) is 2.89. The molecule has 170 valence electrons. The van der Waals surface area contributed by atoms with Crippen molar-refractivity contribution in [1.82, 2.24) is 15.2 Å². The minimum Gasteiger partial charge on any atom is -0.359 e. The molecule has 0 unspecified atom stereocenters. The lowest BCUT2D eigenvalue weighted by molar-refractivity contribution is -0.140. The van der Waals surface area contributed by atoms with Gasteiger partial charge in [-0.2, -0.15) is 0 Å². The van der Waals surface area contributed by atoms with Crippen LogP contribution < -0.4 is 5.32 Å². The molecule has 0 atom stereocenters. The molecule has 0 aliphatic carbocycles. The number of likely N-dealkylation sites (tertiary alicyclic amines) is 1. The van der Waals surface area contributed by atoms with Crippen molar-refractivity contribution in [3.63, 3.8) is 0 Å². The predicted octanol–water partition coefficient (Wildman–Crippen LogP) is 4.20. The van der Waals surface area contributed by atoms with Crippen molar-refractivity contribution in [2.75, 3.05) is 20.1 Å². The first-order chi connectivity index (χ1) is 16.0. The highest BCUT2D eigenvalue weighted by atomic mass is 16.2. The number of nitrogens with zero attached hydrogens (tertiary/aromatic N) is 2. The lowest BCUT2D eigenvalue weighted by Crippen LogP contribution is -2.51. The number of nitrogens with one attached hydrogen (secondary N) is 1. The number of benzene rings is 2. The summed E-state index contributed by atoms with van der Waals surface area (Å²) >= 11 is 0. The Morgan fingerprint density at radius 3 is 2.39 bits per heavy atom. The maximum Gasteiger partial charge on any atom is 0.226 e. The number of pyridine rings is 1. The molecular weight excluding hydrogens is 410 g/mol. The Labute approximate surface area is 195 Å². The highest BCUT2D eigenvalue weighted by molar-refractivity contribution is 5.84. The Hall–Kier alpha value is -3.47. The highest BCUT2D eigenvalue weighted by Crippen LogP contribution is 2.38. The van der Waals surface area contributed by atoms with Crippen molar-refractivity contribution in [3.8, 4) is 11.1 Å². The van der Waals surface area contributed by atoms with E-state index in [1.54, 1.807) is 13.2 Å². The summed E-state index contributed by atoms with van der Waals surface area (Å²) in [5.74, 6) is 0.175. The summed E-state index contributed by atoms with van der Waals surface area (Å²) in [6, 6.07) is 20.3. The third-order valence-electron chi connectivity index (χ3n) is 6.78. The molecule has 5 heteroatoms. The normalized spacial score (nSPS) is 15.2. The molecule has 2 amide bonds.